The van der Waals surface area contributed by atoms with E-state index in [1.165, 1.54) is 17.0 Å². The molecule has 1 N–H and O–H groups in total. The summed E-state index contributed by atoms with van der Waals surface area (Å²) in [6.45, 7) is 4.12. The second-order valence-corrected chi connectivity index (χ2v) is 9.86. The van der Waals surface area contributed by atoms with E-state index in [2.05, 4.69) is 5.32 Å². The summed E-state index contributed by atoms with van der Waals surface area (Å²) in [5, 5.41) is 2.93. The number of ether oxygens (including phenoxy) is 1. The van der Waals surface area contributed by atoms with E-state index < -0.39 is 23.1 Å². The van der Waals surface area contributed by atoms with Crippen molar-refractivity contribution >= 4 is 11.8 Å². The maximum Gasteiger partial charge on any atom is 0.430 e. The van der Waals surface area contributed by atoms with E-state index in [1.807, 2.05) is 30.3 Å². The second kappa shape index (κ2) is 9.30. The number of aryl methyl sites for hydroxylation is 2. The molecule has 0 radical (unpaired) electrons. The summed E-state index contributed by atoms with van der Waals surface area (Å²) in [4.78, 5) is 27.2. The van der Waals surface area contributed by atoms with Crippen LogP contribution in [0, 0.1) is 19.3 Å². The van der Waals surface area contributed by atoms with Crippen LogP contribution >= 0.6 is 0 Å². The van der Waals surface area contributed by atoms with E-state index >= 15 is 0 Å². The Balaban J connectivity index is 1.65. The van der Waals surface area contributed by atoms with Gasteiger partial charge < -0.3 is 15.0 Å². The van der Waals surface area contributed by atoms with Gasteiger partial charge in [0.1, 0.15) is 0 Å². The molecule has 2 amide bonds. The molecule has 2 aromatic rings. The van der Waals surface area contributed by atoms with Crippen LogP contribution in [-0.2, 0) is 19.9 Å². The molecule has 0 saturated carbocycles. The van der Waals surface area contributed by atoms with Crippen LogP contribution in [0.2, 0.25) is 0 Å². The lowest BCUT2D eigenvalue weighted by atomic mass is 9.62. The predicted molar refractivity (Wildman–Crippen MR) is 126 cm³/mol. The zero-order valence-corrected chi connectivity index (χ0v) is 20.2. The highest BCUT2D eigenvalue weighted by Gasteiger charge is 2.64. The Morgan fingerprint density at radius 1 is 1.06 bits per heavy atom. The summed E-state index contributed by atoms with van der Waals surface area (Å²) in [5.41, 5.74) is -1.38. The highest BCUT2D eigenvalue weighted by Crippen LogP contribution is 2.50. The SMILES string of the molecule is CO[C@@](C(=O)N1CCC2(CC1)CC(=O)NC[C@H]2c1ccccc1)(c1cc(C)cc(C)c1)C(F)(F)F. The third-order valence-electron chi connectivity index (χ3n) is 7.64. The van der Waals surface area contributed by atoms with E-state index in [9.17, 15) is 22.8 Å². The highest BCUT2D eigenvalue weighted by molar-refractivity contribution is 5.88. The Bertz CT molecular complexity index is 1070. The highest BCUT2D eigenvalue weighted by atomic mass is 19.4. The lowest BCUT2D eigenvalue weighted by Gasteiger charge is -2.50. The number of halogens is 3. The van der Waals surface area contributed by atoms with Gasteiger partial charge in [-0.25, -0.2) is 0 Å². The number of methoxy groups -OCH3 is 1. The van der Waals surface area contributed by atoms with Gasteiger partial charge in [-0.15, -0.1) is 0 Å². The Hall–Kier alpha value is -2.87. The fourth-order valence-electron chi connectivity index (χ4n) is 5.90. The molecule has 0 bridgehead atoms. The zero-order chi connectivity index (χ0) is 25.4. The molecule has 2 aliphatic heterocycles. The van der Waals surface area contributed by atoms with Gasteiger partial charge in [-0.2, -0.15) is 13.2 Å². The molecule has 4 rings (SSSR count). The Labute approximate surface area is 203 Å². The predicted octanol–water partition coefficient (Wildman–Crippen LogP) is 4.62. The minimum atomic E-state index is -4.95. The van der Waals surface area contributed by atoms with Crippen molar-refractivity contribution in [3.8, 4) is 0 Å². The third-order valence-corrected chi connectivity index (χ3v) is 7.64. The molecule has 2 aromatic carbocycles. The molecular weight excluding hydrogens is 457 g/mol. The van der Waals surface area contributed by atoms with Gasteiger partial charge in [-0.1, -0.05) is 59.7 Å². The standard InChI is InChI=1S/C27H31F3N2O3/c1-18-13-19(2)15-21(14-18)26(35-3,27(28,29)30)24(34)32-11-9-25(10-12-32)16-23(33)31-17-22(25)20-7-5-4-6-8-20/h4-8,13-15,22H,9-12,16-17H2,1-3H3,(H,31,33)/t22-,26+/m0/s1. The van der Waals surface area contributed by atoms with E-state index in [4.69, 9.17) is 4.74 Å². The van der Waals surface area contributed by atoms with Gasteiger partial charge in [-0.05, 0) is 37.7 Å². The lowest BCUT2D eigenvalue weighted by Crippen LogP contribution is -2.60. The number of alkyl halides is 3. The molecule has 35 heavy (non-hydrogen) atoms. The van der Waals surface area contributed by atoms with Crippen molar-refractivity contribution in [2.45, 2.75) is 50.8 Å². The van der Waals surface area contributed by atoms with Crippen molar-refractivity contribution in [2.75, 3.05) is 26.7 Å². The smallest absolute Gasteiger partial charge is 0.356 e. The molecule has 1 spiro atoms. The molecule has 2 fully saturated rings. The average molecular weight is 489 g/mol. The van der Waals surface area contributed by atoms with Crippen LogP contribution < -0.4 is 5.32 Å². The van der Waals surface area contributed by atoms with Gasteiger partial charge >= 0.3 is 6.18 Å². The molecule has 188 valence electrons. The molecular formula is C27H31F3N2O3. The molecule has 2 saturated heterocycles. The van der Waals surface area contributed by atoms with Crippen LogP contribution in [0.3, 0.4) is 0 Å². The summed E-state index contributed by atoms with van der Waals surface area (Å²) in [5.74, 6) is -1.13. The molecule has 5 nitrogen and oxygen atoms in total. The van der Waals surface area contributed by atoms with Crippen molar-refractivity contribution in [1.82, 2.24) is 10.2 Å². The minimum absolute atomic E-state index is 0.0351. The molecule has 2 atom stereocenters. The fourth-order valence-corrected chi connectivity index (χ4v) is 5.90. The number of rotatable bonds is 4. The van der Waals surface area contributed by atoms with E-state index in [0.717, 1.165) is 12.7 Å². The number of likely N-dealkylation sites (tertiary alicyclic amines) is 1. The van der Waals surface area contributed by atoms with Crippen molar-refractivity contribution in [2.24, 2.45) is 5.41 Å². The topological polar surface area (TPSA) is 58.6 Å². The maximum atomic E-state index is 14.6. The van der Waals surface area contributed by atoms with E-state index in [-0.39, 0.29) is 30.5 Å². The van der Waals surface area contributed by atoms with Crippen LogP contribution in [0.4, 0.5) is 13.2 Å². The number of amides is 2. The zero-order valence-electron chi connectivity index (χ0n) is 20.2. The number of piperidine rings is 2. The number of carbonyl (C=O) groups is 2. The molecule has 0 unspecified atom stereocenters. The quantitative estimate of drug-likeness (QED) is 0.683. The number of hydrogen-bond acceptors (Lipinski definition) is 3. The first-order chi connectivity index (χ1) is 16.5. The van der Waals surface area contributed by atoms with Crippen LogP contribution in [0.5, 0.6) is 0 Å². The Morgan fingerprint density at radius 2 is 1.66 bits per heavy atom. The maximum absolute atomic E-state index is 14.6. The largest absolute Gasteiger partial charge is 0.430 e. The summed E-state index contributed by atoms with van der Waals surface area (Å²) in [7, 11) is 0.936. The molecule has 0 aromatic heterocycles. The number of carbonyl (C=O) groups excluding carboxylic acids is 2. The summed E-state index contributed by atoms with van der Waals surface area (Å²) in [6.07, 6.45) is -3.78. The summed E-state index contributed by atoms with van der Waals surface area (Å²) < 4.78 is 48.8. The Morgan fingerprint density at radius 3 is 2.20 bits per heavy atom. The summed E-state index contributed by atoms with van der Waals surface area (Å²) in [6, 6.07) is 14.3. The molecule has 2 aliphatic rings. The molecule has 2 heterocycles. The normalized spacial score (nSPS) is 21.9. The summed E-state index contributed by atoms with van der Waals surface area (Å²) >= 11 is 0. The first-order valence-corrected chi connectivity index (χ1v) is 11.8. The number of hydrogen-bond donors (Lipinski definition) is 1. The first-order valence-electron chi connectivity index (χ1n) is 11.8. The first kappa shape index (κ1) is 25.2. The van der Waals surface area contributed by atoms with E-state index in [1.54, 1.807) is 19.9 Å². The van der Waals surface area contributed by atoms with Gasteiger partial charge in [-0.3, -0.25) is 9.59 Å². The monoisotopic (exact) mass is 488 g/mol. The van der Waals surface area contributed by atoms with Crippen LogP contribution in [0.1, 0.15) is 47.4 Å². The van der Waals surface area contributed by atoms with Gasteiger partial charge in [0.25, 0.3) is 11.5 Å². The van der Waals surface area contributed by atoms with Gasteiger partial charge in [0, 0.05) is 44.6 Å². The molecule has 8 heteroatoms. The van der Waals surface area contributed by atoms with Crippen LogP contribution in [0.15, 0.2) is 48.5 Å². The third kappa shape index (κ3) is 4.44. The molecule has 0 aliphatic carbocycles. The minimum Gasteiger partial charge on any atom is -0.356 e. The van der Waals surface area contributed by atoms with Crippen molar-refractivity contribution in [3.05, 3.63) is 70.8 Å². The number of nitrogens with zero attached hydrogens (tertiary/aromatic N) is 1. The number of benzene rings is 2. The van der Waals surface area contributed by atoms with Gasteiger partial charge in [0.2, 0.25) is 5.91 Å². The van der Waals surface area contributed by atoms with Crippen molar-refractivity contribution in [1.29, 1.82) is 0 Å². The second-order valence-electron chi connectivity index (χ2n) is 9.86. The fraction of sp³-hybridized carbons (Fsp3) is 0.481. The van der Waals surface area contributed by atoms with Gasteiger partial charge in [0.15, 0.2) is 0 Å². The van der Waals surface area contributed by atoms with Crippen molar-refractivity contribution in [3.63, 3.8) is 0 Å². The van der Waals surface area contributed by atoms with Gasteiger partial charge in [0.05, 0.1) is 0 Å². The Kier molecular flexibility index (Phi) is 6.70. The average Bonchev–Trinajstić information content (AvgIpc) is 2.79. The van der Waals surface area contributed by atoms with Crippen LogP contribution in [-0.4, -0.2) is 49.6 Å². The van der Waals surface area contributed by atoms with Crippen molar-refractivity contribution < 1.29 is 27.5 Å². The lowest BCUT2D eigenvalue weighted by molar-refractivity contribution is -0.271. The van der Waals surface area contributed by atoms with E-state index in [0.29, 0.717) is 36.9 Å². The van der Waals surface area contributed by atoms with Crippen LogP contribution in [0.25, 0.3) is 0 Å². The number of nitrogens with one attached hydrogen (secondary N) is 1.